The first-order valence-corrected chi connectivity index (χ1v) is 8.88. The van der Waals surface area contributed by atoms with Gasteiger partial charge in [-0.05, 0) is 39.3 Å². The normalized spacial score (nSPS) is 18.0. The molecule has 1 saturated heterocycles. The van der Waals surface area contributed by atoms with E-state index in [1.54, 1.807) is 22.4 Å². The maximum Gasteiger partial charge on any atom is 0.253 e. The van der Waals surface area contributed by atoms with Gasteiger partial charge in [0.2, 0.25) is 0 Å². The Balaban J connectivity index is 1.75. The summed E-state index contributed by atoms with van der Waals surface area (Å²) in [6.45, 7) is 6.27. The molecule has 3 heterocycles. The number of aliphatic hydroxyl groups is 1. The lowest BCUT2D eigenvalue weighted by Gasteiger charge is -2.24. The highest BCUT2D eigenvalue weighted by atomic mass is 32.1. The van der Waals surface area contributed by atoms with E-state index in [2.05, 4.69) is 15.3 Å². The summed E-state index contributed by atoms with van der Waals surface area (Å²) in [7, 11) is 0. The minimum absolute atomic E-state index is 0.188. The van der Waals surface area contributed by atoms with Crippen LogP contribution in [-0.4, -0.2) is 44.6 Å². The Morgan fingerprint density at radius 1 is 1.46 bits per heavy atom. The molecule has 2 aromatic rings. The van der Waals surface area contributed by atoms with Crippen molar-refractivity contribution >= 4 is 28.1 Å². The van der Waals surface area contributed by atoms with Crippen LogP contribution in [0.4, 0.5) is 10.8 Å². The number of hydrogen-bond acceptors (Lipinski definition) is 6. The minimum atomic E-state index is -1.33. The van der Waals surface area contributed by atoms with Gasteiger partial charge in [-0.1, -0.05) is 0 Å². The lowest BCUT2D eigenvalue weighted by Crippen LogP contribution is -2.43. The first-order valence-electron chi connectivity index (χ1n) is 8.00. The lowest BCUT2D eigenvalue weighted by atomic mass is 10.0. The molecule has 1 aliphatic heterocycles. The van der Waals surface area contributed by atoms with Crippen molar-refractivity contribution in [3.8, 4) is 0 Å². The van der Waals surface area contributed by atoms with Crippen molar-refractivity contribution in [3.05, 3.63) is 35.1 Å². The van der Waals surface area contributed by atoms with Crippen molar-refractivity contribution in [2.45, 2.75) is 38.7 Å². The number of pyridine rings is 1. The van der Waals surface area contributed by atoms with E-state index >= 15 is 0 Å². The van der Waals surface area contributed by atoms with Crippen molar-refractivity contribution in [1.29, 1.82) is 0 Å². The van der Waals surface area contributed by atoms with Crippen LogP contribution in [0.15, 0.2) is 23.7 Å². The number of aryl methyl sites for hydroxylation is 1. The minimum Gasteiger partial charge on any atom is -0.381 e. The number of nitrogens with zero attached hydrogens (tertiary/aromatic N) is 3. The maximum atomic E-state index is 12.2. The van der Waals surface area contributed by atoms with Gasteiger partial charge in [0, 0.05) is 47.7 Å². The highest BCUT2D eigenvalue weighted by Gasteiger charge is 2.35. The number of carbonyl (C=O) groups is 1. The predicted octanol–water partition coefficient (Wildman–Crippen LogP) is 2.68. The lowest BCUT2D eigenvalue weighted by molar-refractivity contribution is -0.146. The van der Waals surface area contributed by atoms with Crippen molar-refractivity contribution in [1.82, 2.24) is 14.9 Å². The van der Waals surface area contributed by atoms with E-state index in [-0.39, 0.29) is 11.8 Å². The molecule has 1 atom stereocenters. The molecule has 0 unspecified atom stereocenters. The summed E-state index contributed by atoms with van der Waals surface area (Å²) in [5.74, 6) is -0.0353. The second-order valence-corrected chi connectivity index (χ2v) is 7.57. The summed E-state index contributed by atoms with van der Waals surface area (Å²) in [5.41, 5.74) is 1.53. The smallest absolute Gasteiger partial charge is 0.253 e. The fraction of sp³-hybridized carbons (Fsp3) is 0.471. The summed E-state index contributed by atoms with van der Waals surface area (Å²) in [6.07, 6.45) is 2.62. The Hall–Kier alpha value is -1.99. The topological polar surface area (TPSA) is 78.4 Å². The van der Waals surface area contributed by atoms with Crippen LogP contribution < -0.4 is 5.32 Å². The van der Waals surface area contributed by atoms with E-state index in [0.717, 1.165) is 28.6 Å². The van der Waals surface area contributed by atoms with Crippen LogP contribution >= 0.6 is 11.3 Å². The van der Waals surface area contributed by atoms with E-state index < -0.39 is 5.60 Å². The Kier molecular flexibility index (Phi) is 4.56. The summed E-state index contributed by atoms with van der Waals surface area (Å²) >= 11 is 1.55. The molecule has 1 amide bonds. The second-order valence-electron chi connectivity index (χ2n) is 6.68. The summed E-state index contributed by atoms with van der Waals surface area (Å²) in [4.78, 5) is 22.8. The molecular weight excluding hydrogens is 324 g/mol. The molecule has 0 spiro atoms. The van der Waals surface area contributed by atoms with Crippen LogP contribution in [0.2, 0.25) is 0 Å². The molecule has 2 aromatic heterocycles. The second kappa shape index (κ2) is 6.49. The SMILES string of the molecule is Cc1cc(Nc2nccs2)cc([C@@H]2CCN(C(=O)C(C)(C)O)C2)n1. The molecule has 0 saturated carbocycles. The summed E-state index contributed by atoms with van der Waals surface area (Å²) < 4.78 is 0. The fourth-order valence-corrected chi connectivity index (χ4v) is 3.51. The zero-order chi connectivity index (χ0) is 17.3. The number of nitrogens with one attached hydrogen (secondary N) is 1. The average Bonchev–Trinajstić information content (AvgIpc) is 3.16. The molecule has 6 nitrogen and oxygen atoms in total. The molecule has 1 aliphatic rings. The molecule has 0 radical (unpaired) electrons. The molecule has 2 N–H and O–H groups in total. The Labute approximate surface area is 145 Å². The van der Waals surface area contributed by atoms with Crippen LogP contribution in [0.3, 0.4) is 0 Å². The molecular formula is C17H22N4O2S. The zero-order valence-corrected chi connectivity index (χ0v) is 14.9. The summed E-state index contributed by atoms with van der Waals surface area (Å²) in [5, 5.41) is 16.0. The Morgan fingerprint density at radius 3 is 2.92 bits per heavy atom. The van der Waals surface area contributed by atoms with E-state index in [1.807, 2.05) is 24.4 Å². The molecule has 1 fully saturated rings. The number of aromatic nitrogens is 2. The van der Waals surface area contributed by atoms with E-state index in [9.17, 15) is 9.90 Å². The maximum absolute atomic E-state index is 12.2. The van der Waals surface area contributed by atoms with Crippen LogP contribution in [0.25, 0.3) is 0 Å². The van der Waals surface area contributed by atoms with Gasteiger partial charge in [0.25, 0.3) is 5.91 Å². The number of carbonyl (C=O) groups excluding carboxylic acids is 1. The van der Waals surface area contributed by atoms with Gasteiger partial charge in [0.15, 0.2) is 5.13 Å². The van der Waals surface area contributed by atoms with Crippen molar-refractivity contribution in [2.24, 2.45) is 0 Å². The highest BCUT2D eigenvalue weighted by Crippen LogP contribution is 2.30. The molecule has 24 heavy (non-hydrogen) atoms. The van der Waals surface area contributed by atoms with Gasteiger partial charge in [0.1, 0.15) is 5.60 Å². The monoisotopic (exact) mass is 346 g/mol. The first kappa shape index (κ1) is 16.9. The van der Waals surface area contributed by atoms with E-state index in [1.165, 1.54) is 13.8 Å². The van der Waals surface area contributed by atoms with Crippen LogP contribution in [0.1, 0.15) is 37.6 Å². The van der Waals surface area contributed by atoms with Gasteiger partial charge in [-0.3, -0.25) is 9.78 Å². The molecule has 0 bridgehead atoms. The molecule has 0 aromatic carbocycles. The number of likely N-dealkylation sites (tertiary alicyclic amines) is 1. The Morgan fingerprint density at radius 2 is 2.25 bits per heavy atom. The third kappa shape index (κ3) is 3.73. The van der Waals surface area contributed by atoms with Gasteiger partial charge in [0.05, 0.1) is 0 Å². The largest absolute Gasteiger partial charge is 0.381 e. The van der Waals surface area contributed by atoms with Crippen molar-refractivity contribution in [2.75, 3.05) is 18.4 Å². The van der Waals surface area contributed by atoms with Crippen LogP contribution in [-0.2, 0) is 4.79 Å². The first-order chi connectivity index (χ1) is 11.3. The highest BCUT2D eigenvalue weighted by molar-refractivity contribution is 7.13. The molecule has 0 aliphatic carbocycles. The molecule has 128 valence electrons. The van der Waals surface area contributed by atoms with Crippen molar-refractivity contribution in [3.63, 3.8) is 0 Å². The third-order valence-electron chi connectivity index (χ3n) is 4.07. The van der Waals surface area contributed by atoms with Gasteiger partial charge >= 0.3 is 0 Å². The number of anilines is 2. The third-order valence-corrected chi connectivity index (χ3v) is 4.76. The Bertz CT molecular complexity index is 725. The van der Waals surface area contributed by atoms with E-state index in [0.29, 0.717) is 13.1 Å². The fourth-order valence-electron chi connectivity index (χ4n) is 2.96. The molecule has 3 rings (SSSR count). The van der Waals surface area contributed by atoms with Gasteiger partial charge in [-0.2, -0.15) is 0 Å². The standard InChI is InChI=1S/C17H22N4O2S/c1-11-8-13(20-16-18-5-7-24-16)9-14(19-11)12-4-6-21(10-12)15(22)17(2,3)23/h5,7-9,12,23H,4,6,10H2,1-3H3,(H,18,19,20)/t12-/m1/s1. The quantitative estimate of drug-likeness (QED) is 0.890. The van der Waals surface area contributed by atoms with Crippen molar-refractivity contribution < 1.29 is 9.90 Å². The number of hydrogen-bond donors (Lipinski definition) is 2. The van der Waals surface area contributed by atoms with E-state index in [4.69, 9.17) is 0 Å². The summed E-state index contributed by atoms with van der Waals surface area (Å²) in [6, 6.07) is 4.01. The zero-order valence-electron chi connectivity index (χ0n) is 14.1. The van der Waals surface area contributed by atoms with Crippen LogP contribution in [0.5, 0.6) is 0 Å². The average molecular weight is 346 g/mol. The van der Waals surface area contributed by atoms with Crippen LogP contribution in [0, 0.1) is 6.92 Å². The number of rotatable bonds is 4. The van der Waals surface area contributed by atoms with Gasteiger partial charge < -0.3 is 15.3 Å². The number of thiazole rings is 1. The predicted molar refractivity (Wildman–Crippen MR) is 94.6 cm³/mol. The van der Waals surface area contributed by atoms with Gasteiger partial charge in [-0.25, -0.2) is 4.98 Å². The van der Waals surface area contributed by atoms with Gasteiger partial charge in [-0.15, -0.1) is 11.3 Å². The number of amides is 1. The molecule has 7 heteroatoms.